The number of fused-ring (bicyclic) bond motifs is 4. The number of carbonyl (C=O) groups is 4. The Kier molecular flexibility index (Phi) is 13.4. The average molecular weight is 970 g/mol. The second-order valence-corrected chi connectivity index (χ2v) is 18.4. The molecule has 9 rings (SSSR count). The number of aromatic nitrogens is 1. The van der Waals surface area contributed by atoms with Gasteiger partial charge in [-0.25, -0.2) is 0 Å². The number of rotatable bonds is 14. The fourth-order valence-electron chi connectivity index (χ4n) is 11.5. The van der Waals surface area contributed by atoms with E-state index >= 15 is 0 Å². The molecule has 334 valence electrons. The molecule has 2 saturated heterocycles. The third-order valence-electron chi connectivity index (χ3n) is 14.6. The minimum Gasteiger partial charge on any atom is -0.549 e. The number of aliphatic carboxylic acids is 3. The SMILES string of the molecule is O=C([O-])CN1CCN(CC(=O)[O-])CCN(CC(=O)NCCCn2c3c(c4ccccc42)C[C@@]2(O)[C@@H]4Cc5ccc(O)c6c5[C@@]2(CCN4CC2CC2)[C@H]3O6)CCN(CC(=O)[O-])CC1.[In+3]. The Hall–Kier alpha value is -3.91. The van der Waals surface area contributed by atoms with Gasteiger partial charge in [0.2, 0.25) is 5.91 Å². The number of carboxylic acid groups (broad SMARTS) is 3. The molecule has 1 saturated carbocycles. The molecular weight excluding hydrogens is 913 g/mol. The molecule has 0 unspecified atom stereocenters. The molecule has 3 aliphatic heterocycles. The van der Waals surface area contributed by atoms with Crippen LogP contribution >= 0.6 is 0 Å². The van der Waals surface area contributed by atoms with Crippen molar-refractivity contribution in [2.75, 3.05) is 98.2 Å². The largest absolute Gasteiger partial charge is 3.00 e. The van der Waals surface area contributed by atoms with E-state index in [4.69, 9.17) is 4.74 Å². The van der Waals surface area contributed by atoms with Crippen molar-refractivity contribution in [1.29, 1.82) is 0 Å². The van der Waals surface area contributed by atoms with E-state index in [0.717, 1.165) is 46.4 Å². The third-order valence-corrected chi connectivity index (χ3v) is 14.6. The second kappa shape index (κ2) is 18.5. The fraction of sp³-hybridized carbons (Fsp3) is 0.600. The van der Waals surface area contributed by atoms with Crippen molar-refractivity contribution in [2.45, 2.75) is 68.2 Å². The molecule has 17 nitrogen and oxygen atoms in total. The maximum atomic E-state index is 13.6. The van der Waals surface area contributed by atoms with Gasteiger partial charge in [0.05, 0.1) is 41.2 Å². The molecule has 1 aromatic heterocycles. The number of likely N-dealkylation sites (tertiary alicyclic amines) is 1. The number of piperidine rings is 1. The number of phenolic OH excluding ortho intramolecular Hbond substituents is 1. The molecule has 0 radical (unpaired) electrons. The van der Waals surface area contributed by atoms with E-state index in [1.165, 1.54) is 12.8 Å². The number of para-hydroxylation sites is 1. The molecule has 3 aromatic rings. The van der Waals surface area contributed by atoms with E-state index in [9.17, 15) is 44.7 Å². The number of amides is 1. The Morgan fingerprint density at radius 1 is 0.794 bits per heavy atom. The van der Waals surface area contributed by atoms with Crippen LogP contribution in [0.25, 0.3) is 10.9 Å². The Labute approximate surface area is 385 Å². The van der Waals surface area contributed by atoms with Crippen LogP contribution in [0, 0.1) is 5.92 Å². The molecule has 1 spiro atoms. The van der Waals surface area contributed by atoms with Crippen molar-refractivity contribution in [3.63, 3.8) is 0 Å². The van der Waals surface area contributed by atoms with Gasteiger partial charge in [-0.3, -0.25) is 29.3 Å². The number of aromatic hydroxyl groups is 1. The summed E-state index contributed by atoms with van der Waals surface area (Å²) in [5.74, 6) is -2.81. The maximum absolute atomic E-state index is 13.6. The zero-order valence-corrected chi connectivity index (χ0v) is 39.0. The summed E-state index contributed by atoms with van der Waals surface area (Å²) >= 11 is 0. The number of phenols is 1. The van der Waals surface area contributed by atoms with E-state index in [0.29, 0.717) is 63.5 Å². The number of aryl methyl sites for hydroxylation is 1. The number of hydrogen-bond acceptors (Lipinski definition) is 15. The van der Waals surface area contributed by atoms with Crippen LogP contribution in [0.2, 0.25) is 0 Å². The van der Waals surface area contributed by atoms with Gasteiger partial charge in [-0.15, -0.1) is 0 Å². The van der Waals surface area contributed by atoms with Crippen LogP contribution < -0.4 is 25.4 Å². The second-order valence-electron chi connectivity index (χ2n) is 18.4. The molecule has 2 aromatic carbocycles. The van der Waals surface area contributed by atoms with Crippen LogP contribution in [0.4, 0.5) is 0 Å². The minimum atomic E-state index is -1.29. The van der Waals surface area contributed by atoms with Crippen molar-refractivity contribution in [3.05, 3.63) is 58.8 Å². The molecular formula is C45H56InN7O10. The van der Waals surface area contributed by atoms with Crippen LogP contribution in [0.1, 0.15) is 54.2 Å². The Morgan fingerprint density at radius 2 is 1.38 bits per heavy atom. The number of aliphatic hydroxyl groups is 1. The van der Waals surface area contributed by atoms with Crippen LogP contribution in [-0.4, -0.2) is 199 Å². The Morgan fingerprint density at radius 3 is 1.97 bits per heavy atom. The van der Waals surface area contributed by atoms with Crippen molar-refractivity contribution >= 4 is 60.6 Å². The Bertz CT molecular complexity index is 2200. The molecule has 18 heteroatoms. The third kappa shape index (κ3) is 8.80. The molecule has 3 fully saturated rings. The monoisotopic (exact) mass is 969 g/mol. The van der Waals surface area contributed by atoms with E-state index in [1.807, 2.05) is 23.1 Å². The maximum Gasteiger partial charge on any atom is 3.00 e. The summed E-state index contributed by atoms with van der Waals surface area (Å²) in [4.78, 5) is 57.4. The van der Waals surface area contributed by atoms with E-state index < -0.39 is 35.0 Å². The number of carbonyl (C=O) groups excluding carboxylic acids is 4. The van der Waals surface area contributed by atoms with Gasteiger partial charge in [0.1, 0.15) is 0 Å². The number of nitrogens with one attached hydrogen (secondary N) is 1. The smallest absolute Gasteiger partial charge is 0.549 e. The number of carboxylic acids is 3. The summed E-state index contributed by atoms with van der Waals surface area (Å²) in [5.41, 5.74) is 3.40. The zero-order valence-electron chi connectivity index (χ0n) is 35.7. The average Bonchev–Trinajstić information content (AvgIpc) is 3.89. The minimum absolute atomic E-state index is 0. The standard InChI is InChI=1S/C45H59N7O10.In/c53-34-9-8-30-22-35-45(61)23-32-31-4-1-2-5-33(31)52(41(32)43-44(45,40(30)42(34)62-43)10-13-51(35)24-29-6-7-29)12-3-11-46-36(54)25-47-14-16-48(26-37(55)56)18-20-50(28-39(59)60)21-19-49(17-15-47)27-38(57)58;/h1-2,4-5,8-9,29,35,43,53,61H,3,6-7,10-28H2,(H,46,54)(H,55,56)(H,57,58)(H,59,60);/q;+3/p-3/t35-,43-,44-,45+;/m0./s1. The van der Waals surface area contributed by atoms with Gasteiger partial charge in [-0.2, -0.15) is 0 Å². The molecule has 6 aliphatic rings. The van der Waals surface area contributed by atoms with Gasteiger partial charge in [0.15, 0.2) is 17.6 Å². The first-order chi connectivity index (χ1) is 29.8. The normalized spacial score (nSPS) is 26.7. The molecule has 3 aliphatic carbocycles. The van der Waals surface area contributed by atoms with Crippen molar-refractivity contribution < 1.29 is 49.4 Å². The molecule has 2 bridgehead atoms. The van der Waals surface area contributed by atoms with Crippen molar-refractivity contribution in [2.24, 2.45) is 5.92 Å². The number of ether oxygens (including phenoxy) is 1. The summed E-state index contributed by atoms with van der Waals surface area (Å²) in [6, 6.07) is 11.9. The first-order valence-corrected chi connectivity index (χ1v) is 22.2. The molecule has 4 atom stereocenters. The summed E-state index contributed by atoms with van der Waals surface area (Å²) in [7, 11) is 0. The molecule has 1 amide bonds. The predicted octanol–water partition coefficient (Wildman–Crippen LogP) is -3.36. The molecule has 63 heavy (non-hydrogen) atoms. The van der Waals surface area contributed by atoms with E-state index in [1.54, 1.807) is 20.8 Å². The van der Waals surface area contributed by atoms with Gasteiger partial charge in [-0.1, -0.05) is 24.3 Å². The predicted molar refractivity (Wildman–Crippen MR) is 224 cm³/mol. The topological polar surface area (TPSA) is 220 Å². The van der Waals surface area contributed by atoms with Crippen molar-refractivity contribution in [1.82, 2.24) is 34.4 Å². The molecule has 4 heterocycles. The summed E-state index contributed by atoms with van der Waals surface area (Å²) in [6.07, 6.45) is 4.44. The fourth-order valence-corrected chi connectivity index (χ4v) is 11.5. The van der Waals surface area contributed by atoms with Gasteiger partial charge in [0, 0.05) is 121 Å². The van der Waals surface area contributed by atoms with Gasteiger partial charge >= 0.3 is 25.8 Å². The van der Waals surface area contributed by atoms with Gasteiger partial charge in [0.25, 0.3) is 0 Å². The number of benzene rings is 2. The van der Waals surface area contributed by atoms with Crippen LogP contribution in [0.3, 0.4) is 0 Å². The number of nitrogens with zero attached hydrogens (tertiary/aromatic N) is 6. The summed E-state index contributed by atoms with van der Waals surface area (Å²) < 4.78 is 9.22. The molecule has 3 N–H and O–H groups in total. The first-order valence-electron chi connectivity index (χ1n) is 22.2. The summed E-state index contributed by atoms with van der Waals surface area (Å²) in [5, 5.41) is 63.3. The number of hydrogen-bond donors (Lipinski definition) is 3. The van der Waals surface area contributed by atoms with Gasteiger partial charge in [-0.05, 0) is 67.8 Å². The van der Waals surface area contributed by atoms with E-state index in [2.05, 4.69) is 26.9 Å². The Balaban J connectivity index is 0.00000544. The van der Waals surface area contributed by atoms with Crippen LogP contribution in [-0.2, 0) is 44.0 Å². The van der Waals surface area contributed by atoms with Crippen molar-refractivity contribution in [3.8, 4) is 11.5 Å². The first kappa shape index (κ1) is 45.7. The van der Waals surface area contributed by atoms with E-state index in [-0.39, 0.29) is 109 Å². The quantitative estimate of drug-likeness (QED) is 0.135. The summed E-state index contributed by atoms with van der Waals surface area (Å²) in [6.45, 7) is 3.63. The zero-order chi connectivity index (χ0) is 43.3. The van der Waals surface area contributed by atoms with Crippen LogP contribution in [0.15, 0.2) is 36.4 Å². The van der Waals surface area contributed by atoms with Gasteiger partial charge < -0.3 is 54.5 Å². The van der Waals surface area contributed by atoms with Crippen LogP contribution in [0.5, 0.6) is 11.5 Å².